The van der Waals surface area contributed by atoms with Crippen molar-refractivity contribution in [1.82, 2.24) is 4.90 Å². The lowest BCUT2D eigenvalue weighted by Gasteiger charge is -2.59. The van der Waals surface area contributed by atoms with E-state index in [9.17, 15) is 25.1 Å². The lowest BCUT2D eigenvalue weighted by molar-refractivity contribution is -0.384. The number of fused-ring (bicyclic) bond motifs is 3. The van der Waals surface area contributed by atoms with Crippen LogP contribution in [0.5, 0.6) is 28.7 Å². The number of aliphatic hydroxyl groups excluding tert-OH is 2. The Hall–Kier alpha value is -5.35. The topological polar surface area (TPSA) is 181 Å². The van der Waals surface area contributed by atoms with Crippen molar-refractivity contribution in [3.05, 3.63) is 106 Å². The van der Waals surface area contributed by atoms with E-state index < -0.39 is 28.8 Å². The Kier molecular flexibility index (Phi) is 14.9. The second kappa shape index (κ2) is 20.7. The molecule has 3 aromatic carbocycles. The first-order chi connectivity index (χ1) is 30.2. The summed E-state index contributed by atoms with van der Waals surface area (Å²) in [6, 6.07) is 16.1. The van der Waals surface area contributed by atoms with Crippen molar-refractivity contribution in [2.45, 2.75) is 76.2 Å². The molecule has 2 heterocycles. The molecule has 2 aliphatic carbocycles. The highest BCUT2D eigenvalue weighted by Crippen LogP contribution is 2.62. The number of oxime groups is 1. The van der Waals surface area contributed by atoms with E-state index in [1.807, 2.05) is 31.2 Å². The number of ether oxygens (including phenoxy) is 6. The summed E-state index contributed by atoms with van der Waals surface area (Å²) in [7, 11) is 0. The number of alkyl halides is 1. The zero-order valence-corrected chi connectivity index (χ0v) is 35.6. The van der Waals surface area contributed by atoms with Gasteiger partial charge >= 0.3 is 6.09 Å². The number of rotatable bonds is 21. The third kappa shape index (κ3) is 9.50. The molecule has 15 nitrogen and oxygen atoms in total. The van der Waals surface area contributed by atoms with Crippen LogP contribution in [-0.4, -0.2) is 89.4 Å². The van der Waals surface area contributed by atoms with Crippen LogP contribution in [0.4, 0.5) is 10.5 Å². The Labute approximate surface area is 365 Å². The Morgan fingerprint density at radius 3 is 2.56 bits per heavy atom. The molecule has 0 spiro atoms. The van der Waals surface area contributed by atoms with Gasteiger partial charge in [0.1, 0.15) is 36.5 Å². The monoisotopic (exact) mass is 875 g/mol. The molecule has 4 aliphatic rings. The van der Waals surface area contributed by atoms with Crippen LogP contribution in [0.3, 0.4) is 0 Å². The largest absolute Gasteiger partial charge is 0.459 e. The van der Waals surface area contributed by atoms with Crippen LogP contribution < -0.4 is 18.9 Å². The number of halogens is 1. The van der Waals surface area contributed by atoms with Crippen molar-refractivity contribution in [2.75, 3.05) is 45.7 Å². The van der Waals surface area contributed by atoms with Crippen LogP contribution in [-0.2, 0) is 20.9 Å². The van der Waals surface area contributed by atoms with Gasteiger partial charge in [-0.15, -0.1) is 18.2 Å². The fraction of sp³-hybridized carbons (Fsp3) is 0.478. The Morgan fingerprint density at radius 2 is 1.81 bits per heavy atom. The van der Waals surface area contributed by atoms with Crippen LogP contribution in [0.25, 0.3) is 0 Å². The van der Waals surface area contributed by atoms with Crippen molar-refractivity contribution in [3.8, 4) is 28.7 Å². The van der Waals surface area contributed by atoms with Gasteiger partial charge in [0.2, 0.25) is 12.6 Å². The number of amides is 1. The van der Waals surface area contributed by atoms with Gasteiger partial charge < -0.3 is 43.5 Å². The van der Waals surface area contributed by atoms with Crippen molar-refractivity contribution < 1.29 is 53.2 Å². The number of non-ortho nitro benzene ring substituents is 1. The molecule has 7 rings (SSSR count). The van der Waals surface area contributed by atoms with Gasteiger partial charge in [0.15, 0.2) is 11.5 Å². The SMILES string of the molecule is C=CCOC12Oc3ccc(Oc4cccc([N+](=O)[O-])c4)cc3C3C(CCCCO)C(CCCCO)C=C(C(=NOCC)CC1N(Cc1ccc4c(c1)OCO4)C(=O)OCCCl)C32. The van der Waals surface area contributed by atoms with Crippen molar-refractivity contribution in [3.63, 3.8) is 0 Å². The summed E-state index contributed by atoms with van der Waals surface area (Å²) in [5.74, 6) is -0.0356. The maximum atomic E-state index is 14.5. The maximum Gasteiger partial charge on any atom is 0.410 e. The highest BCUT2D eigenvalue weighted by atomic mass is 35.5. The molecule has 16 heteroatoms. The third-order valence-corrected chi connectivity index (χ3v) is 12.1. The number of carbonyl (C=O) groups is 1. The molecule has 2 N–H and O–H groups in total. The first-order valence-corrected chi connectivity index (χ1v) is 21.8. The molecule has 3 aromatic rings. The first-order valence-electron chi connectivity index (χ1n) is 21.3. The molecule has 6 unspecified atom stereocenters. The van der Waals surface area contributed by atoms with Crippen LogP contribution in [0.1, 0.15) is 68.9 Å². The molecule has 1 amide bonds. The summed E-state index contributed by atoms with van der Waals surface area (Å²) in [6.45, 7) is 6.43. The number of hydrogen-bond acceptors (Lipinski definition) is 13. The number of nitrogens with zero attached hydrogens (tertiary/aromatic N) is 3. The summed E-state index contributed by atoms with van der Waals surface area (Å²) >= 11 is 6.08. The van der Waals surface area contributed by atoms with Crippen LogP contribution in [0, 0.1) is 27.9 Å². The Morgan fingerprint density at radius 1 is 1.03 bits per heavy atom. The van der Waals surface area contributed by atoms with Gasteiger partial charge in [-0.05, 0) is 92.0 Å². The van der Waals surface area contributed by atoms with Crippen molar-refractivity contribution in [2.24, 2.45) is 22.9 Å². The zero-order valence-electron chi connectivity index (χ0n) is 34.8. The van der Waals surface area contributed by atoms with Gasteiger partial charge in [-0.25, -0.2) is 4.79 Å². The number of nitro groups is 1. The molecule has 1 saturated carbocycles. The number of aliphatic hydroxyl groups is 2. The molecular formula is C46H54ClN3O12. The van der Waals surface area contributed by atoms with Gasteiger partial charge in [-0.3, -0.25) is 15.0 Å². The van der Waals surface area contributed by atoms with E-state index in [2.05, 4.69) is 12.7 Å². The van der Waals surface area contributed by atoms with Gasteiger partial charge in [-0.2, -0.15) is 0 Å². The van der Waals surface area contributed by atoms with E-state index in [1.165, 1.54) is 12.1 Å². The smallest absolute Gasteiger partial charge is 0.410 e. The Bertz CT molecular complexity index is 2130. The van der Waals surface area contributed by atoms with E-state index in [1.54, 1.807) is 35.2 Å². The fourth-order valence-corrected chi connectivity index (χ4v) is 9.47. The van der Waals surface area contributed by atoms with E-state index >= 15 is 0 Å². The molecule has 0 aromatic heterocycles. The third-order valence-electron chi connectivity index (χ3n) is 11.9. The van der Waals surface area contributed by atoms with Crippen molar-refractivity contribution >= 4 is 29.1 Å². The first kappa shape index (κ1) is 44.7. The number of benzene rings is 3. The summed E-state index contributed by atoms with van der Waals surface area (Å²) in [5, 5.41) is 36.2. The molecule has 6 atom stereocenters. The molecule has 0 bridgehead atoms. The molecule has 2 aliphatic heterocycles. The molecular weight excluding hydrogens is 822 g/mol. The average molecular weight is 876 g/mol. The van der Waals surface area contributed by atoms with E-state index in [0.29, 0.717) is 53.9 Å². The predicted octanol–water partition coefficient (Wildman–Crippen LogP) is 8.65. The molecule has 1 fully saturated rings. The minimum atomic E-state index is -1.55. The summed E-state index contributed by atoms with van der Waals surface area (Å²) in [6.07, 6.45) is 7.65. The maximum absolute atomic E-state index is 14.5. The molecule has 0 saturated heterocycles. The molecule has 0 radical (unpaired) electrons. The minimum absolute atomic E-state index is 0.00249. The van der Waals surface area contributed by atoms with E-state index in [-0.39, 0.29) is 75.5 Å². The highest BCUT2D eigenvalue weighted by Gasteiger charge is 2.65. The lowest BCUT2D eigenvalue weighted by Crippen LogP contribution is -2.70. The second-order valence-corrected chi connectivity index (χ2v) is 16.0. The molecule has 332 valence electrons. The van der Waals surface area contributed by atoms with Crippen LogP contribution >= 0.6 is 11.6 Å². The quantitative estimate of drug-likeness (QED) is 0.0342. The normalized spacial score (nSPS) is 23.6. The summed E-state index contributed by atoms with van der Waals surface area (Å²) < 4.78 is 37.8. The standard InChI is InChI=1S/C46H54ClN3O12/c1-3-21-59-46-42(49(45(53)56-22-18-47)28-30-14-16-40-41(23-30)58-29-57-40)27-38(48-60-4-2)36-24-31(10-5-7-19-51)35(13-6-8-20-52)43(44(36)46)37-26-34(15-17-39(37)62-46)61-33-12-9-11-32(25-33)50(54)55/h3,9,11-12,14-17,23-26,31,35,42-44,51-52H,1,4-8,10,13,18-22,27-29H2,2H3. The van der Waals surface area contributed by atoms with Crippen LogP contribution in [0.15, 0.2) is 90.1 Å². The number of allylic oxidation sites excluding steroid dienone is 1. The number of carbonyl (C=O) groups excluding carboxylic acids is 1. The Balaban J connectivity index is 1.44. The number of unbranched alkanes of at least 4 members (excludes halogenated alkanes) is 2. The van der Waals surface area contributed by atoms with Crippen LogP contribution in [0.2, 0.25) is 0 Å². The van der Waals surface area contributed by atoms with Gasteiger partial charge in [0, 0.05) is 43.7 Å². The van der Waals surface area contributed by atoms with Crippen molar-refractivity contribution in [1.29, 1.82) is 0 Å². The predicted molar refractivity (Wildman–Crippen MR) is 230 cm³/mol. The number of nitro benzene ring substituents is 1. The fourth-order valence-electron chi connectivity index (χ4n) is 9.40. The summed E-state index contributed by atoms with van der Waals surface area (Å²) in [5.41, 5.74) is 2.96. The minimum Gasteiger partial charge on any atom is -0.459 e. The average Bonchev–Trinajstić information content (AvgIpc) is 3.75. The van der Waals surface area contributed by atoms with Gasteiger partial charge in [0.05, 0.1) is 35.1 Å². The zero-order chi connectivity index (χ0) is 43.6. The van der Waals surface area contributed by atoms with Gasteiger partial charge in [0.25, 0.3) is 5.69 Å². The lowest BCUT2D eigenvalue weighted by atomic mass is 9.55. The van der Waals surface area contributed by atoms with E-state index in [4.69, 9.17) is 50.0 Å². The number of hydrogen-bond donors (Lipinski definition) is 2. The second-order valence-electron chi connectivity index (χ2n) is 15.7. The highest BCUT2D eigenvalue weighted by molar-refractivity contribution is 6.18. The van der Waals surface area contributed by atoms with Gasteiger partial charge in [-0.1, -0.05) is 42.3 Å². The molecule has 62 heavy (non-hydrogen) atoms. The van der Waals surface area contributed by atoms with E-state index in [0.717, 1.165) is 42.4 Å². The summed E-state index contributed by atoms with van der Waals surface area (Å²) in [4.78, 5) is 33.2.